The van der Waals surface area contributed by atoms with E-state index in [1.54, 1.807) is 7.11 Å². The summed E-state index contributed by atoms with van der Waals surface area (Å²) in [5.41, 5.74) is 2.84. The van der Waals surface area contributed by atoms with Gasteiger partial charge in [0, 0.05) is 46.3 Å². The Bertz CT molecular complexity index is 187. The van der Waals surface area contributed by atoms with Crippen LogP contribution in [0.1, 0.15) is 13.3 Å². The molecule has 5 nitrogen and oxygen atoms in total. The summed E-state index contributed by atoms with van der Waals surface area (Å²) in [6.45, 7) is 4.94. The van der Waals surface area contributed by atoms with Crippen molar-refractivity contribution in [2.45, 2.75) is 19.4 Å². The molecule has 1 aliphatic heterocycles. The molecule has 5 heteroatoms. The first-order chi connectivity index (χ1) is 6.74. The molecular formula is C9H19N3O2. The SMILES string of the molecule is COCCC1CNCCN1NC(C)=O. The molecule has 1 aliphatic rings. The van der Waals surface area contributed by atoms with Crippen molar-refractivity contribution in [2.75, 3.05) is 33.4 Å². The number of hydrogen-bond acceptors (Lipinski definition) is 4. The summed E-state index contributed by atoms with van der Waals surface area (Å²) in [5, 5.41) is 5.30. The molecule has 1 unspecified atom stereocenters. The molecule has 0 radical (unpaired) electrons. The Balaban J connectivity index is 2.37. The second-order valence-electron chi connectivity index (χ2n) is 3.50. The van der Waals surface area contributed by atoms with Crippen molar-refractivity contribution in [1.82, 2.24) is 15.8 Å². The van der Waals surface area contributed by atoms with Gasteiger partial charge in [-0.25, -0.2) is 5.01 Å². The lowest BCUT2D eigenvalue weighted by Gasteiger charge is -2.35. The standard InChI is InChI=1S/C9H19N3O2/c1-8(13)11-12-5-4-10-7-9(12)3-6-14-2/h9-10H,3-7H2,1-2H3,(H,11,13). The second-order valence-corrected chi connectivity index (χ2v) is 3.50. The number of nitrogens with zero attached hydrogens (tertiary/aromatic N) is 1. The molecule has 0 aliphatic carbocycles. The van der Waals surface area contributed by atoms with Gasteiger partial charge in [0.25, 0.3) is 0 Å². The fourth-order valence-corrected chi connectivity index (χ4v) is 1.62. The van der Waals surface area contributed by atoms with Gasteiger partial charge >= 0.3 is 0 Å². The van der Waals surface area contributed by atoms with Crippen LogP contribution in [0.15, 0.2) is 0 Å². The van der Waals surface area contributed by atoms with E-state index in [1.165, 1.54) is 6.92 Å². The van der Waals surface area contributed by atoms with Gasteiger partial charge in [0.1, 0.15) is 0 Å². The summed E-state index contributed by atoms with van der Waals surface area (Å²) < 4.78 is 5.03. The van der Waals surface area contributed by atoms with E-state index in [-0.39, 0.29) is 5.91 Å². The molecule has 0 spiro atoms. The van der Waals surface area contributed by atoms with E-state index in [0.29, 0.717) is 6.04 Å². The van der Waals surface area contributed by atoms with Crippen molar-refractivity contribution in [3.05, 3.63) is 0 Å². The lowest BCUT2D eigenvalue weighted by molar-refractivity contribution is -0.125. The van der Waals surface area contributed by atoms with Crippen LogP contribution in [-0.2, 0) is 9.53 Å². The molecule has 1 fully saturated rings. The third-order valence-corrected chi connectivity index (χ3v) is 2.31. The van der Waals surface area contributed by atoms with Crippen LogP contribution < -0.4 is 10.7 Å². The van der Waals surface area contributed by atoms with Crippen LogP contribution in [-0.4, -0.2) is 50.3 Å². The first kappa shape index (κ1) is 11.4. The normalized spacial score (nSPS) is 23.4. The molecule has 0 aromatic rings. The van der Waals surface area contributed by atoms with E-state index >= 15 is 0 Å². The quantitative estimate of drug-likeness (QED) is 0.634. The maximum Gasteiger partial charge on any atom is 0.231 e. The Labute approximate surface area is 84.8 Å². The van der Waals surface area contributed by atoms with Crippen LogP contribution in [0.4, 0.5) is 0 Å². The summed E-state index contributed by atoms with van der Waals surface area (Å²) in [5.74, 6) is -0.00526. The largest absolute Gasteiger partial charge is 0.385 e. The van der Waals surface area contributed by atoms with Crippen LogP contribution in [0.3, 0.4) is 0 Å². The van der Waals surface area contributed by atoms with Crippen LogP contribution in [0.5, 0.6) is 0 Å². The van der Waals surface area contributed by atoms with E-state index in [0.717, 1.165) is 32.7 Å². The molecule has 0 aromatic heterocycles. The van der Waals surface area contributed by atoms with E-state index < -0.39 is 0 Å². The maximum atomic E-state index is 10.9. The third kappa shape index (κ3) is 3.61. The van der Waals surface area contributed by atoms with Crippen LogP contribution in [0.25, 0.3) is 0 Å². The predicted molar refractivity (Wildman–Crippen MR) is 53.7 cm³/mol. The molecular weight excluding hydrogens is 182 g/mol. The average molecular weight is 201 g/mol. The lowest BCUT2D eigenvalue weighted by Crippen LogP contribution is -2.58. The van der Waals surface area contributed by atoms with Crippen molar-refractivity contribution >= 4 is 5.91 Å². The molecule has 1 amide bonds. The van der Waals surface area contributed by atoms with Crippen molar-refractivity contribution in [1.29, 1.82) is 0 Å². The molecule has 1 heterocycles. The Kier molecular flexibility index (Phi) is 4.86. The van der Waals surface area contributed by atoms with Crippen LogP contribution >= 0.6 is 0 Å². The number of hydrogen-bond donors (Lipinski definition) is 2. The number of ether oxygens (including phenoxy) is 1. The minimum Gasteiger partial charge on any atom is -0.385 e. The number of hydrazine groups is 1. The number of carbonyl (C=O) groups is 1. The van der Waals surface area contributed by atoms with Gasteiger partial charge in [-0.1, -0.05) is 0 Å². The first-order valence-corrected chi connectivity index (χ1v) is 4.97. The summed E-state index contributed by atoms with van der Waals surface area (Å²) >= 11 is 0. The van der Waals surface area contributed by atoms with Crippen molar-refractivity contribution in [3.8, 4) is 0 Å². The molecule has 14 heavy (non-hydrogen) atoms. The zero-order chi connectivity index (χ0) is 10.4. The predicted octanol–water partition coefficient (Wildman–Crippen LogP) is -0.652. The van der Waals surface area contributed by atoms with Gasteiger partial charge in [-0.3, -0.25) is 10.2 Å². The summed E-state index contributed by atoms with van der Waals surface area (Å²) in [6.07, 6.45) is 0.934. The zero-order valence-electron chi connectivity index (χ0n) is 8.88. The maximum absolute atomic E-state index is 10.9. The molecule has 0 aromatic carbocycles. The van der Waals surface area contributed by atoms with Crippen LogP contribution in [0.2, 0.25) is 0 Å². The minimum absolute atomic E-state index is 0.00526. The topological polar surface area (TPSA) is 53.6 Å². The van der Waals surface area contributed by atoms with E-state index in [1.807, 2.05) is 5.01 Å². The number of amides is 1. The van der Waals surface area contributed by atoms with Gasteiger partial charge in [0.05, 0.1) is 0 Å². The van der Waals surface area contributed by atoms with Gasteiger partial charge in [-0.15, -0.1) is 0 Å². The van der Waals surface area contributed by atoms with Crippen molar-refractivity contribution in [3.63, 3.8) is 0 Å². The van der Waals surface area contributed by atoms with Gasteiger partial charge < -0.3 is 10.1 Å². The molecule has 0 bridgehead atoms. The molecule has 1 rings (SSSR count). The number of carbonyl (C=O) groups excluding carboxylic acids is 1. The smallest absolute Gasteiger partial charge is 0.231 e. The third-order valence-electron chi connectivity index (χ3n) is 2.31. The Hall–Kier alpha value is -0.650. The van der Waals surface area contributed by atoms with Gasteiger partial charge in [-0.2, -0.15) is 0 Å². The first-order valence-electron chi connectivity index (χ1n) is 4.97. The van der Waals surface area contributed by atoms with Gasteiger partial charge in [0.15, 0.2) is 0 Å². The number of rotatable bonds is 4. The summed E-state index contributed by atoms with van der Waals surface area (Å²) in [6, 6.07) is 0.340. The second kappa shape index (κ2) is 5.95. The molecule has 1 atom stereocenters. The van der Waals surface area contributed by atoms with Crippen molar-refractivity contribution in [2.24, 2.45) is 0 Å². The highest BCUT2D eigenvalue weighted by Gasteiger charge is 2.22. The fraction of sp³-hybridized carbons (Fsp3) is 0.889. The number of piperazine rings is 1. The monoisotopic (exact) mass is 201 g/mol. The number of methoxy groups -OCH3 is 1. The highest BCUT2D eigenvalue weighted by atomic mass is 16.5. The Morgan fingerprint density at radius 2 is 2.50 bits per heavy atom. The number of nitrogens with one attached hydrogen (secondary N) is 2. The summed E-state index contributed by atoms with van der Waals surface area (Å²) in [4.78, 5) is 10.9. The van der Waals surface area contributed by atoms with Gasteiger partial charge in [0.2, 0.25) is 5.91 Å². The fourth-order valence-electron chi connectivity index (χ4n) is 1.62. The average Bonchev–Trinajstić information content (AvgIpc) is 2.16. The molecule has 0 saturated carbocycles. The Morgan fingerprint density at radius 3 is 3.14 bits per heavy atom. The highest BCUT2D eigenvalue weighted by Crippen LogP contribution is 2.04. The van der Waals surface area contributed by atoms with E-state index in [2.05, 4.69) is 10.7 Å². The summed E-state index contributed by atoms with van der Waals surface area (Å²) in [7, 11) is 1.69. The lowest BCUT2D eigenvalue weighted by atomic mass is 10.1. The Morgan fingerprint density at radius 1 is 1.71 bits per heavy atom. The minimum atomic E-state index is -0.00526. The molecule has 82 valence electrons. The van der Waals surface area contributed by atoms with Gasteiger partial charge in [-0.05, 0) is 6.42 Å². The molecule has 1 saturated heterocycles. The molecule has 2 N–H and O–H groups in total. The van der Waals surface area contributed by atoms with Crippen molar-refractivity contribution < 1.29 is 9.53 Å². The van der Waals surface area contributed by atoms with E-state index in [4.69, 9.17) is 4.74 Å². The van der Waals surface area contributed by atoms with Crippen LogP contribution in [0, 0.1) is 0 Å². The highest BCUT2D eigenvalue weighted by molar-refractivity contribution is 5.72. The zero-order valence-corrected chi connectivity index (χ0v) is 8.88. The van der Waals surface area contributed by atoms with E-state index in [9.17, 15) is 4.79 Å².